The molecule has 1 rings (SSSR count). The number of thiocarbonyl (C=S) groups is 1. The highest BCUT2D eigenvalue weighted by Crippen LogP contribution is 2.12. The quantitative estimate of drug-likeness (QED) is 0.822. The molecular formula is C12H16F2N2S. The Morgan fingerprint density at radius 3 is 2.65 bits per heavy atom. The van der Waals surface area contributed by atoms with E-state index in [0.717, 1.165) is 6.07 Å². The van der Waals surface area contributed by atoms with E-state index >= 15 is 0 Å². The minimum atomic E-state index is -0.564. The number of nitrogens with zero attached hydrogens (tertiary/aromatic N) is 1. The number of halogens is 2. The van der Waals surface area contributed by atoms with Crippen LogP contribution in [0.5, 0.6) is 0 Å². The third-order valence-electron chi connectivity index (χ3n) is 2.53. The lowest BCUT2D eigenvalue weighted by molar-refractivity contribution is 0.302. The van der Waals surface area contributed by atoms with Gasteiger partial charge in [0.25, 0.3) is 0 Å². The zero-order valence-corrected chi connectivity index (χ0v) is 10.7. The molecule has 0 bridgehead atoms. The van der Waals surface area contributed by atoms with Gasteiger partial charge in [-0.2, -0.15) is 0 Å². The fourth-order valence-corrected chi connectivity index (χ4v) is 1.64. The Morgan fingerprint density at radius 1 is 1.47 bits per heavy atom. The standard InChI is InChI=1S/C12H16F2N2S/c1-8(12(15)17)6-16(2)7-9-3-4-10(13)5-11(9)14/h3-5,8H,6-7H2,1-2H3,(H2,15,17). The Balaban J connectivity index is 2.62. The molecule has 0 aliphatic heterocycles. The zero-order chi connectivity index (χ0) is 13.0. The Labute approximate surface area is 105 Å². The van der Waals surface area contributed by atoms with Crippen molar-refractivity contribution in [1.82, 2.24) is 4.90 Å². The topological polar surface area (TPSA) is 29.3 Å². The number of hydrogen-bond donors (Lipinski definition) is 1. The minimum absolute atomic E-state index is 0.0681. The van der Waals surface area contributed by atoms with Crippen LogP contribution in [0.4, 0.5) is 8.78 Å². The first-order chi connectivity index (χ1) is 7.90. The molecule has 1 atom stereocenters. The molecular weight excluding hydrogens is 242 g/mol. The molecule has 17 heavy (non-hydrogen) atoms. The smallest absolute Gasteiger partial charge is 0.130 e. The normalized spacial score (nSPS) is 12.8. The summed E-state index contributed by atoms with van der Waals surface area (Å²) in [6.45, 7) is 2.96. The van der Waals surface area contributed by atoms with Gasteiger partial charge in [-0.05, 0) is 13.1 Å². The summed E-state index contributed by atoms with van der Waals surface area (Å²) in [4.78, 5) is 2.34. The van der Waals surface area contributed by atoms with Gasteiger partial charge in [0.15, 0.2) is 0 Å². The van der Waals surface area contributed by atoms with Crippen LogP contribution in [0.2, 0.25) is 0 Å². The average molecular weight is 258 g/mol. The van der Waals surface area contributed by atoms with Crippen LogP contribution < -0.4 is 5.73 Å². The molecule has 1 unspecified atom stereocenters. The molecule has 0 aliphatic carbocycles. The first kappa shape index (κ1) is 14.0. The van der Waals surface area contributed by atoms with Gasteiger partial charge in [-0.3, -0.25) is 0 Å². The van der Waals surface area contributed by atoms with Crippen LogP contribution in [-0.2, 0) is 6.54 Å². The van der Waals surface area contributed by atoms with Gasteiger partial charge >= 0.3 is 0 Å². The molecule has 1 aromatic carbocycles. The van der Waals surface area contributed by atoms with Crippen molar-refractivity contribution < 1.29 is 8.78 Å². The van der Waals surface area contributed by atoms with Gasteiger partial charge in [0.1, 0.15) is 11.6 Å². The molecule has 5 heteroatoms. The van der Waals surface area contributed by atoms with Gasteiger partial charge in [0, 0.05) is 30.6 Å². The molecule has 0 aromatic heterocycles. The fraction of sp³-hybridized carbons (Fsp3) is 0.417. The van der Waals surface area contributed by atoms with Gasteiger partial charge in [-0.15, -0.1) is 0 Å². The van der Waals surface area contributed by atoms with Crippen molar-refractivity contribution in [3.05, 3.63) is 35.4 Å². The van der Waals surface area contributed by atoms with Crippen LogP contribution in [0.1, 0.15) is 12.5 Å². The highest BCUT2D eigenvalue weighted by atomic mass is 32.1. The molecule has 0 saturated carbocycles. The molecule has 0 fully saturated rings. The highest BCUT2D eigenvalue weighted by molar-refractivity contribution is 7.80. The predicted octanol–water partition coefficient (Wildman–Crippen LogP) is 2.32. The highest BCUT2D eigenvalue weighted by Gasteiger charge is 2.11. The Hall–Kier alpha value is -1.07. The van der Waals surface area contributed by atoms with Crippen molar-refractivity contribution in [3.8, 4) is 0 Å². The lowest BCUT2D eigenvalue weighted by Crippen LogP contribution is -2.31. The van der Waals surface area contributed by atoms with E-state index in [1.165, 1.54) is 12.1 Å². The van der Waals surface area contributed by atoms with E-state index in [4.69, 9.17) is 18.0 Å². The number of nitrogens with two attached hydrogens (primary N) is 1. The second-order valence-corrected chi connectivity index (χ2v) is 4.71. The molecule has 0 heterocycles. The summed E-state index contributed by atoms with van der Waals surface area (Å²) in [5.74, 6) is -1.02. The number of rotatable bonds is 5. The number of benzene rings is 1. The van der Waals surface area contributed by atoms with E-state index in [-0.39, 0.29) is 5.92 Å². The largest absolute Gasteiger partial charge is 0.393 e. The lowest BCUT2D eigenvalue weighted by atomic mass is 10.1. The first-order valence-corrected chi connectivity index (χ1v) is 5.72. The zero-order valence-electron chi connectivity index (χ0n) is 9.91. The van der Waals surface area contributed by atoms with Gasteiger partial charge in [0.2, 0.25) is 0 Å². The van der Waals surface area contributed by atoms with Gasteiger partial charge in [0.05, 0.1) is 4.99 Å². The Kier molecular flexibility index (Phi) is 4.96. The van der Waals surface area contributed by atoms with Crippen LogP contribution in [0.15, 0.2) is 18.2 Å². The van der Waals surface area contributed by atoms with Gasteiger partial charge in [-0.25, -0.2) is 8.78 Å². The van der Waals surface area contributed by atoms with Crippen molar-refractivity contribution >= 4 is 17.2 Å². The molecule has 0 saturated heterocycles. The van der Waals surface area contributed by atoms with E-state index in [1.807, 2.05) is 18.9 Å². The van der Waals surface area contributed by atoms with Gasteiger partial charge in [-0.1, -0.05) is 25.2 Å². The number of hydrogen-bond acceptors (Lipinski definition) is 2. The molecule has 0 spiro atoms. The summed E-state index contributed by atoms with van der Waals surface area (Å²) in [6.07, 6.45) is 0. The van der Waals surface area contributed by atoms with Crippen LogP contribution in [-0.4, -0.2) is 23.5 Å². The molecule has 0 amide bonds. The summed E-state index contributed by atoms with van der Waals surface area (Å²) < 4.78 is 26.1. The third kappa shape index (κ3) is 4.36. The summed E-state index contributed by atoms with van der Waals surface area (Å²) in [5, 5.41) is 0. The monoisotopic (exact) mass is 258 g/mol. The second kappa shape index (κ2) is 6.02. The molecule has 1 aromatic rings. The lowest BCUT2D eigenvalue weighted by Gasteiger charge is -2.20. The fourth-order valence-electron chi connectivity index (χ4n) is 1.56. The maximum Gasteiger partial charge on any atom is 0.130 e. The van der Waals surface area contributed by atoms with Crippen LogP contribution >= 0.6 is 12.2 Å². The van der Waals surface area contributed by atoms with Crippen molar-refractivity contribution in [2.45, 2.75) is 13.5 Å². The summed E-state index contributed by atoms with van der Waals surface area (Å²) in [5.41, 5.74) is 5.97. The van der Waals surface area contributed by atoms with Crippen LogP contribution in [0.25, 0.3) is 0 Å². The molecule has 2 nitrogen and oxygen atoms in total. The van der Waals surface area contributed by atoms with E-state index in [2.05, 4.69) is 0 Å². The molecule has 0 aliphatic rings. The minimum Gasteiger partial charge on any atom is -0.393 e. The molecule has 94 valence electrons. The average Bonchev–Trinajstić information content (AvgIpc) is 2.22. The summed E-state index contributed by atoms with van der Waals surface area (Å²) >= 11 is 4.87. The first-order valence-electron chi connectivity index (χ1n) is 5.32. The maximum absolute atomic E-state index is 13.4. The predicted molar refractivity (Wildman–Crippen MR) is 68.6 cm³/mol. The van der Waals surface area contributed by atoms with Crippen LogP contribution in [0.3, 0.4) is 0 Å². The van der Waals surface area contributed by atoms with Crippen molar-refractivity contribution in [3.63, 3.8) is 0 Å². The van der Waals surface area contributed by atoms with Crippen molar-refractivity contribution in [1.29, 1.82) is 0 Å². The van der Waals surface area contributed by atoms with Crippen molar-refractivity contribution in [2.75, 3.05) is 13.6 Å². The van der Waals surface area contributed by atoms with E-state index in [9.17, 15) is 8.78 Å². The van der Waals surface area contributed by atoms with Crippen molar-refractivity contribution in [2.24, 2.45) is 11.7 Å². The maximum atomic E-state index is 13.4. The van der Waals surface area contributed by atoms with Crippen LogP contribution in [0, 0.1) is 17.6 Å². The van der Waals surface area contributed by atoms with E-state index < -0.39 is 11.6 Å². The summed E-state index contributed by atoms with van der Waals surface area (Å²) in [6, 6.07) is 3.59. The molecule has 0 radical (unpaired) electrons. The van der Waals surface area contributed by atoms with E-state index in [1.54, 1.807) is 0 Å². The Bertz CT molecular complexity index is 409. The molecule has 2 N–H and O–H groups in total. The van der Waals surface area contributed by atoms with Gasteiger partial charge < -0.3 is 10.6 Å². The SMILES string of the molecule is CC(CN(C)Cc1ccc(F)cc1F)C(N)=S. The Morgan fingerprint density at radius 2 is 2.12 bits per heavy atom. The second-order valence-electron chi connectivity index (χ2n) is 4.24. The summed E-state index contributed by atoms with van der Waals surface area (Å²) in [7, 11) is 1.84. The third-order valence-corrected chi connectivity index (χ3v) is 2.93. The van der Waals surface area contributed by atoms with E-state index in [0.29, 0.717) is 23.6 Å².